The summed E-state index contributed by atoms with van der Waals surface area (Å²) in [5.74, 6) is 0. The zero-order valence-electron chi connectivity index (χ0n) is 11.3. The number of hydrogen-bond donors (Lipinski definition) is 1. The number of benzene rings is 1. The second kappa shape index (κ2) is 5.65. The van der Waals surface area contributed by atoms with Crippen molar-refractivity contribution >= 4 is 17.2 Å². The summed E-state index contributed by atoms with van der Waals surface area (Å²) in [7, 11) is 0. The lowest BCUT2D eigenvalue weighted by molar-refractivity contribution is 0.569. The highest BCUT2D eigenvalue weighted by atomic mass is 35.5. The number of nitrogens with zero attached hydrogens (tertiary/aromatic N) is 2. The van der Waals surface area contributed by atoms with Crippen molar-refractivity contribution in [3.8, 4) is 0 Å². The summed E-state index contributed by atoms with van der Waals surface area (Å²) in [5, 5.41) is 4.20. The molecule has 0 amide bonds. The molecule has 0 radical (unpaired) electrons. The van der Waals surface area contributed by atoms with Gasteiger partial charge in [-0.1, -0.05) is 41.9 Å². The fourth-order valence-corrected chi connectivity index (χ4v) is 2.39. The van der Waals surface area contributed by atoms with Gasteiger partial charge in [-0.2, -0.15) is 0 Å². The van der Waals surface area contributed by atoms with E-state index in [0.29, 0.717) is 11.1 Å². The van der Waals surface area contributed by atoms with Crippen molar-refractivity contribution in [1.29, 1.82) is 0 Å². The van der Waals surface area contributed by atoms with Crippen LogP contribution in [0.4, 0.5) is 0 Å². The number of nitrogens with one attached hydrogen (secondary N) is 1. The van der Waals surface area contributed by atoms with E-state index >= 15 is 0 Å². The van der Waals surface area contributed by atoms with Crippen LogP contribution in [0, 0.1) is 0 Å². The van der Waals surface area contributed by atoms with Crippen LogP contribution in [0.25, 0.3) is 5.65 Å². The van der Waals surface area contributed by atoms with E-state index in [9.17, 15) is 0 Å². The standard InChI is InChI=1S/C16H16ClN3/c1-12(13-5-3-2-4-6-13)18-9-15-11-20-10-14(17)7-8-16(20)19-15/h2-8,10-12,18H,9H2,1H3/t12-/m0/s1. The van der Waals surface area contributed by atoms with E-state index in [4.69, 9.17) is 11.6 Å². The van der Waals surface area contributed by atoms with Gasteiger partial charge in [0.05, 0.1) is 10.7 Å². The molecule has 0 saturated carbocycles. The molecule has 0 aliphatic rings. The Bertz CT molecular complexity index is 706. The molecule has 0 fully saturated rings. The summed E-state index contributed by atoms with van der Waals surface area (Å²) in [6.07, 6.45) is 3.87. The number of halogens is 1. The van der Waals surface area contributed by atoms with Gasteiger partial charge in [0.1, 0.15) is 5.65 Å². The molecule has 0 aliphatic heterocycles. The molecule has 2 aromatic heterocycles. The summed E-state index contributed by atoms with van der Waals surface area (Å²) < 4.78 is 1.95. The molecule has 4 heteroatoms. The third-order valence-corrected chi connectivity index (χ3v) is 3.58. The van der Waals surface area contributed by atoms with Crippen molar-refractivity contribution in [1.82, 2.24) is 14.7 Å². The van der Waals surface area contributed by atoms with Gasteiger partial charge in [0.25, 0.3) is 0 Å². The molecule has 1 aromatic carbocycles. The van der Waals surface area contributed by atoms with Crippen molar-refractivity contribution in [2.75, 3.05) is 0 Å². The van der Waals surface area contributed by atoms with Crippen LogP contribution in [0.2, 0.25) is 5.02 Å². The first-order valence-electron chi connectivity index (χ1n) is 6.64. The van der Waals surface area contributed by atoms with Gasteiger partial charge in [-0.15, -0.1) is 0 Å². The van der Waals surface area contributed by atoms with Crippen LogP contribution in [0.5, 0.6) is 0 Å². The second-order valence-corrected chi connectivity index (χ2v) is 5.29. The average Bonchev–Trinajstić information content (AvgIpc) is 2.87. The lowest BCUT2D eigenvalue weighted by Crippen LogP contribution is -2.18. The van der Waals surface area contributed by atoms with E-state index in [1.54, 1.807) is 0 Å². The highest BCUT2D eigenvalue weighted by Crippen LogP contribution is 2.14. The Labute approximate surface area is 123 Å². The van der Waals surface area contributed by atoms with E-state index in [1.807, 2.05) is 35.0 Å². The number of pyridine rings is 1. The molecule has 102 valence electrons. The lowest BCUT2D eigenvalue weighted by Gasteiger charge is -2.12. The first-order chi connectivity index (χ1) is 9.72. The maximum Gasteiger partial charge on any atom is 0.137 e. The first kappa shape index (κ1) is 13.2. The van der Waals surface area contributed by atoms with Gasteiger partial charge >= 0.3 is 0 Å². The number of aromatic nitrogens is 2. The van der Waals surface area contributed by atoms with Gasteiger partial charge in [0, 0.05) is 25.0 Å². The number of fused-ring (bicyclic) bond motifs is 1. The van der Waals surface area contributed by atoms with Crippen LogP contribution in [-0.2, 0) is 6.54 Å². The minimum Gasteiger partial charge on any atom is -0.305 e. The Morgan fingerprint density at radius 2 is 1.95 bits per heavy atom. The average molecular weight is 286 g/mol. The highest BCUT2D eigenvalue weighted by Gasteiger charge is 2.06. The summed E-state index contributed by atoms with van der Waals surface area (Å²) >= 11 is 5.97. The van der Waals surface area contributed by atoms with E-state index in [-0.39, 0.29) is 0 Å². The van der Waals surface area contributed by atoms with E-state index in [1.165, 1.54) is 5.56 Å². The minimum absolute atomic E-state index is 0.296. The van der Waals surface area contributed by atoms with Crippen LogP contribution < -0.4 is 5.32 Å². The molecule has 2 heterocycles. The van der Waals surface area contributed by atoms with Gasteiger partial charge in [-0.3, -0.25) is 0 Å². The SMILES string of the molecule is C[C@H](NCc1cn2cc(Cl)ccc2n1)c1ccccc1. The third-order valence-electron chi connectivity index (χ3n) is 3.35. The van der Waals surface area contributed by atoms with Gasteiger partial charge in [0.2, 0.25) is 0 Å². The minimum atomic E-state index is 0.296. The first-order valence-corrected chi connectivity index (χ1v) is 7.01. The molecular formula is C16H16ClN3. The molecule has 0 saturated heterocycles. The molecule has 0 aliphatic carbocycles. The van der Waals surface area contributed by atoms with Crippen LogP contribution in [-0.4, -0.2) is 9.38 Å². The molecule has 0 bridgehead atoms. The van der Waals surface area contributed by atoms with Crippen molar-refractivity contribution in [3.63, 3.8) is 0 Å². The topological polar surface area (TPSA) is 29.3 Å². The van der Waals surface area contributed by atoms with Crippen molar-refractivity contribution in [2.45, 2.75) is 19.5 Å². The fraction of sp³-hybridized carbons (Fsp3) is 0.188. The molecule has 0 unspecified atom stereocenters. The van der Waals surface area contributed by atoms with Gasteiger partial charge in [0.15, 0.2) is 0 Å². The summed E-state index contributed by atoms with van der Waals surface area (Å²) in [6.45, 7) is 2.89. The molecular weight excluding hydrogens is 270 g/mol. The molecule has 1 N–H and O–H groups in total. The zero-order chi connectivity index (χ0) is 13.9. The van der Waals surface area contributed by atoms with Crippen LogP contribution in [0.3, 0.4) is 0 Å². The Hall–Kier alpha value is -1.84. The predicted octanol–water partition coefficient (Wildman–Crippen LogP) is 3.84. The third kappa shape index (κ3) is 2.84. The van der Waals surface area contributed by atoms with E-state index < -0.39 is 0 Å². The summed E-state index contributed by atoms with van der Waals surface area (Å²) in [5.41, 5.74) is 3.20. The molecule has 20 heavy (non-hydrogen) atoms. The number of hydrogen-bond acceptors (Lipinski definition) is 2. The van der Waals surface area contributed by atoms with Crippen LogP contribution >= 0.6 is 11.6 Å². The molecule has 3 rings (SSSR count). The normalized spacial score (nSPS) is 12.7. The summed E-state index contributed by atoms with van der Waals surface area (Å²) in [6, 6.07) is 14.5. The number of rotatable bonds is 4. The Kier molecular flexibility index (Phi) is 3.72. The molecule has 1 atom stereocenters. The largest absolute Gasteiger partial charge is 0.305 e. The van der Waals surface area contributed by atoms with Gasteiger partial charge < -0.3 is 9.72 Å². The van der Waals surface area contributed by atoms with Crippen molar-refractivity contribution in [2.24, 2.45) is 0 Å². The van der Waals surface area contributed by atoms with Crippen LogP contribution in [0.1, 0.15) is 24.2 Å². The Morgan fingerprint density at radius 3 is 2.75 bits per heavy atom. The van der Waals surface area contributed by atoms with Crippen molar-refractivity contribution < 1.29 is 0 Å². The Morgan fingerprint density at radius 1 is 1.15 bits per heavy atom. The summed E-state index contributed by atoms with van der Waals surface area (Å²) in [4.78, 5) is 4.56. The zero-order valence-corrected chi connectivity index (χ0v) is 12.0. The van der Waals surface area contributed by atoms with E-state index in [0.717, 1.165) is 17.9 Å². The van der Waals surface area contributed by atoms with E-state index in [2.05, 4.69) is 41.5 Å². The van der Waals surface area contributed by atoms with Crippen LogP contribution in [0.15, 0.2) is 54.9 Å². The molecule has 0 spiro atoms. The monoisotopic (exact) mass is 285 g/mol. The van der Waals surface area contributed by atoms with Gasteiger partial charge in [-0.05, 0) is 24.6 Å². The maximum absolute atomic E-state index is 5.97. The molecule has 3 aromatic rings. The Balaban J connectivity index is 1.71. The molecule has 3 nitrogen and oxygen atoms in total. The quantitative estimate of drug-likeness (QED) is 0.789. The second-order valence-electron chi connectivity index (χ2n) is 4.86. The maximum atomic E-state index is 5.97. The predicted molar refractivity (Wildman–Crippen MR) is 81.9 cm³/mol. The fourth-order valence-electron chi connectivity index (χ4n) is 2.22. The smallest absolute Gasteiger partial charge is 0.137 e. The highest BCUT2D eigenvalue weighted by molar-refractivity contribution is 6.30. The number of imidazole rings is 1. The lowest BCUT2D eigenvalue weighted by atomic mass is 10.1. The van der Waals surface area contributed by atoms with Crippen molar-refractivity contribution in [3.05, 3.63) is 71.1 Å². The van der Waals surface area contributed by atoms with Gasteiger partial charge in [-0.25, -0.2) is 4.98 Å².